The van der Waals surface area contributed by atoms with E-state index in [1.807, 2.05) is 0 Å². The maximum atomic E-state index is 10.9. The van der Waals surface area contributed by atoms with Gasteiger partial charge >= 0.3 is 5.97 Å². The highest BCUT2D eigenvalue weighted by molar-refractivity contribution is 5.88. The number of hydrogen-bond acceptors (Lipinski definition) is 4. The SMILES string of the molecule is Cc1nc(NCC2CC3CCC2C3)ncc1C(=O)O. The normalized spacial score (nSPS) is 28.6. The number of aromatic carboxylic acids is 1. The Morgan fingerprint density at radius 3 is 2.89 bits per heavy atom. The molecule has 2 aliphatic rings. The Balaban J connectivity index is 1.61. The molecule has 3 atom stereocenters. The fourth-order valence-corrected chi connectivity index (χ4v) is 3.61. The Morgan fingerprint density at radius 1 is 1.47 bits per heavy atom. The fraction of sp³-hybridized carbons (Fsp3) is 0.643. The molecular formula is C14H19N3O2. The van der Waals surface area contributed by atoms with Crippen LogP contribution in [0.15, 0.2) is 6.20 Å². The van der Waals surface area contributed by atoms with Crippen molar-refractivity contribution in [1.29, 1.82) is 0 Å². The summed E-state index contributed by atoms with van der Waals surface area (Å²) in [6.45, 7) is 2.61. The molecule has 102 valence electrons. The van der Waals surface area contributed by atoms with Crippen molar-refractivity contribution < 1.29 is 9.90 Å². The average molecular weight is 261 g/mol. The third-order valence-electron chi connectivity index (χ3n) is 4.62. The van der Waals surface area contributed by atoms with Crippen LogP contribution in [0.4, 0.5) is 5.95 Å². The second kappa shape index (κ2) is 4.79. The monoisotopic (exact) mass is 261 g/mol. The Labute approximate surface area is 112 Å². The van der Waals surface area contributed by atoms with Crippen molar-refractivity contribution in [3.8, 4) is 0 Å². The van der Waals surface area contributed by atoms with Crippen molar-refractivity contribution in [3.63, 3.8) is 0 Å². The van der Waals surface area contributed by atoms with Gasteiger partial charge < -0.3 is 10.4 Å². The van der Waals surface area contributed by atoms with Gasteiger partial charge in [-0.25, -0.2) is 14.8 Å². The van der Waals surface area contributed by atoms with Crippen molar-refractivity contribution in [1.82, 2.24) is 9.97 Å². The van der Waals surface area contributed by atoms with Crippen LogP contribution in [0.5, 0.6) is 0 Å². The smallest absolute Gasteiger partial charge is 0.339 e. The summed E-state index contributed by atoms with van der Waals surface area (Å²) in [4.78, 5) is 19.2. The van der Waals surface area contributed by atoms with Gasteiger partial charge in [-0.1, -0.05) is 6.42 Å². The van der Waals surface area contributed by atoms with Crippen molar-refractivity contribution in [3.05, 3.63) is 17.5 Å². The zero-order valence-electron chi connectivity index (χ0n) is 11.1. The van der Waals surface area contributed by atoms with Crippen molar-refractivity contribution in [2.45, 2.75) is 32.6 Å². The zero-order valence-corrected chi connectivity index (χ0v) is 11.1. The zero-order chi connectivity index (χ0) is 13.4. The van der Waals surface area contributed by atoms with Crippen LogP contribution in [-0.2, 0) is 0 Å². The molecule has 5 heteroatoms. The number of nitrogens with one attached hydrogen (secondary N) is 1. The van der Waals surface area contributed by atoms with Gasteiger partial charge in [-0.2, -0.15) is 0 Å². The van der Waals surface area contributed by atoms with E-state index in [2.05, 4.69) is 15.3 Å². The third kappa shape index (κ3) is 2.41. The minimum atomic E-state index is -0.975. The molecule has 2 saturated carbocycles. The summed E-state index contributed by atoms with van der Waals surface area (Å²) < 4.78 is 0. The summed E-state index contributed by atoms with van der Waals surface area (Å²) in [7, 11) is 0. The molecule has 2 bridgehead atoms. The summed E-state index contributed by atoms with van der Waals surface area (Å²) in [6, 6.07) is 0. The molecular weight excluding hydrogens is 242 g/mol. The van der Waals surface area contributed by atoms with Gasteiger partial charge in [-0.05, 0) is 43.9 Å². The molecule has 3 unspecified atom stereocenters. The fourth-order valence-electron chi connectivity index (χ4n) is 3.61. The molecule has 0 amide bonds. The number of hydrogen-bond donors (Lipinski definition) is 2. The molecule has 3 rings (SSSR count). The van der Waals surface area contributed by atoms with Crippen molar-refractivity contribution in [2.24, 2.45) is 17.8 Å². The number of carboxylic acid groups (broad SMARTS) is 1. The maximum absolute atomic E-state index is 10.9. The lowest BCUT2D eigenvalue weighted by molar-refractivity contribution is 0.0695. The number of carbonyl (C=O) groups is 1. The number of fused-ring (bicyclic) bond motifs is 2. The Bertz CT molecular complexity index is 503. The van der Waals surface area contributed by atoms with Crippen LogP contribution >= 0.6 is 0 Å². The van der Waals surface area contributed by atoms with Crippen molar-refractivity contribution in [2.75, 3.05) is 11.9 Å². The quantitative estimate of drug-likeness (QED) is 0.870. The number of rotatable bonds is 4. The molecule has 2 N–H and O–H groups in total. The number of carboxylic acids is 1. The number of anilines is 1. The van der Waals surface area contributed by atoms with E-state index in [9.17, 15) is 4.79 Å². The van der Waals surface area contributed by atoms with Gasteiger partial charge in [0, 0.05) is 12.7 Å². The maximum Gasteiger partial charge on any atom is 0.339 e. The molecule has 19 heavy (non-hydrogen) atoms. The van der Waals surface area contributed by atoms with Gasteiger partial charge in [0.15, 0.2) is 0 Å². The van der Waals surface area contributed by atoms with Crippen LogP contribution in [0.3, 0.4) is 0 Å². The van der Waals surface area contributed by atoms with E-state index in [1.165, 1.54) is 31.9 Å². The second-order valence-corrected chi connectivity index (χ2v) is 5.81. The van der Waals surface area contributed by atoms with Gasteiger partial charge in [0.2, 0.25) is 5.95 Å². The first-order valence-corrected chi connectivity index (χ1v) is 6.94. The molecule has 1 heterocycles. The van der Waals surface area contributed by atoms with Gasteiger partial charge in [0.1, 0.15) is 0 Å². The van der Waals surface area contributed by atoms with Crippen LogP contribution in [0, 0.1) is 24.7 Å². The lowest BCUT2D eigenvalue weighted by Crippen LogP contribution is -2.21. The lowest BCUT2D eigenvalue weighted by atomic mass is 9.89. The molecule has 1 aromatic heterocycles. The summed E-state index contributed by atoms with van der Waals surface area (Å²) in [6.07, 6.45) is 6.88. The van der Waals surface area contributed by atoms with E-state index in [1.54, 1.807) is 6.92 Å². The van der Waals surface area contributed by atoms with E-state index in [0.717, 1.165) is 24.3 Å². The first kappa shape index (κ1) is 12.4. The van der Waals surface area contributed by atoms with E-state index in [4.69, 9.17) is 5.11 Å². The lowest BCUT2D eigenvalue weighted by Gasteiger charge is -2.21. The van der Waals surface area contributed by atoms with Gasteiger partial charge in [-0.15, -0.1) is 0 Å². The minimum absolute atomic E-state index is 0.172. The second-order valence-electron chi connectivity index (χ2n) is 5.81. The molecule has 0 radical (unpaired) electrons. The number of aromatic nitrogens is 2. The van der Waals surface area contributed by atoms with E-state index >= 15 is 0 Å². The van der Waals surface area contributed by atoms with Crippen LogP contribution in [-0.4, -0.2) is 27.6 Å². The van der Waals surface area contributed by atoms with Crippen LogP contribution in [0.2, 0.25) is 0 Å². The highest BCUT2D eigenvalue weighted by Gasteiger charge is 2.39. The van der Waals surface area contributed by atoms with E-state index in [-0.39, 0.29) is 5.56 Å². The van der Waals surface area contributed by atoms with Gasteiger partial charge in [0.25, 0.3) is 0 Å². The Hall–Kier alpha value is -1.65. The molecule has 0 saturated heterocycles. The number of nitrogens with zero attached hydrogens (tertiary/aromatic N) is 2. The average Bonchev–Trinajstić information content (AvgIpc) is 2.98. The summed E-state index contributed by atoms with van der Waals surface area (Å²) >= 11 is 0. The third-order valence-corrected chi connectivity index (χ3v) is 4.62. The summed E-state index contributed by atoms with van der Waals surface area (Å²) in [5, 5.41) is 12.2. The Morgan fingerprint density at radius 2 is 2.32 bits per heavy atom. The first-order valence-electron chi connectivity index (χ1n) is 6.94. The molecule has 2 fully saturated rings. The topological polar surface area (TPSA) is 75.1 Å². The molecule has 5 nitrogen and oxygen atoms in total. The molecule has 2 aliphatic carbocycles. The van der Waals surface area contributed by atoms with E-state index < -0.39 is 5.97 Å². The van der Waals surface area contributed by atoms with Gasteiger partial charge in [0.05, 0.1) is 11.3 Å². The highest BCUT2D eigenvalue weighted by Crippen LogP contribution is 2.48. The van der Waals surface area contributed by atoms with Gasteiger partial charge in [-0.3, -0.25) is 0 Å². The minimum Gasteiger partial charge on any atom is -0.478 e. The summed E-state index contributed by atoms with van der Waals surface area (Å²) in [5.74, 6) is 2.12. The van der Waals surface area contributed by atoms with Crippen LogP contribution in [0.1, 0.15) is 41.7 Å². The number of aryl methyl sites for hydroxylation is 1. The van der Waals surface area contributed by atoms with E-state index in [0.29, 0.717) is 11.6 Å². The molecule has 1 aromatic rings. The first-order chi connectivity index (χ1) is 9.13. The van der Waals surface area contributed by atoms with Crippen molar-refractivity contribution >= 4 is 11.9 Å². The molecule has 0 aromatic carbocycles. The molecule has 0 spiro atoms. The predicted molar refractivity (Wildman–Crippen MR) is 71.2 cm³/mol. The Kier molecular flexibility index (Phi) is 3.12. The molecule has 0 aliphatic heterocycles. The standard InChI is InChI=1S/C14H19N3O2/c1-8-12(13(18)19)7-16-14(17-8)15-6-11-5-9-2-3-10(11)4-9/h7,9-11H,2-6H2,1H3,(H,18,19)(H,15,16,17). The summed E-state index contributed by atoms with van der Waals surface area (Å²) in [5.41, 5.74) is 0.684. The predicted octanol–water partition coefficient (Wildman–Crippen LogP) is 2.33. The van der Waals surface area contributed by atoms with Crippen LogP contribution < -0.4 is 5.32 Å². The highest BCUT2D eigenvalue weighted by atomic mass is 16.4. The van der Waals surface area contributed by atoms with Crippen LogP contribution in [0.25, 0.3) is 0 Å². The largest absolute Gasteiger partial charge is 0.478 e.